The third-order valence-corrected chi connectivity index (χ3v) is 4.52. The second-order valence-electron chi connectivity index (χ2n) is 6.49. The van der Waals surface area contributed by atoms with Crippen LogP contribution in [0.1, 0.15) is 41.6 Å². The fraction of sp³-hybridized carbons (Fsp3) is 0.444. The third-order valence-electron chi connectivity index (χ3n) is 4.52. The van der Waals surface area contributed by atoms with Gasteiger partial charge in [0.05, 0.1) is 12.1 Å². The van der Waals surface area contributed by atoms with Gasteiger partial charge in [-0.3, -0.25) is 9.48 Å². The van der Waals surface area contributed by atoms with Gasteiger partial charge in [0.25, 0.3) is 5.91 Å². The maximum absolute atomic E-state index is 12.5. The number of aliphatic hydroxyl groups is 1. The van der Waals surface area contributed by atoms with Gasteiger partial charge in [0.1, 0.15) is 0 Å². The first-order valence-electron chi connectivity index (χ1n) is 8.10. The van der Waals surface area contributed by atoms with Crippen molar-refractivity contribution in [1.82, 2.24) is 14.7 Å². The number of nitrogens with zero attached hydrogens (tertiary/aromatic N) is 3. The molecule has 0 unspecified atom stereocenters. The highest BCUT2D eigenvalue weighted by Crippen LogP contribution is 2.30. The fourth-order valence-corrected chi connectivity index (χ4v) is 3.26. The Kier molecular flexibility index (Phi) is 4.48. The molecule has 1 N–H and O–H groups in total. The minimum atomic E-state index is -0.704. The monoisotopic (exact) mass is 313 g/mol. The summed E-state index contributed by atoms with van der Waals surface area (Å²) in [4.78, 5) is 14.1. The van der Waals surface area contributed by atoms with Gasteiger partial charge < -0.3 is 10.0 Å². The first kappa shape index (κ1) is 15.7. The van der Waals surface area contributed by atoms with Gasteiger partial charge in [-0.25, -0.2) is 0 Å². The van der Waals surface area contributed by atoms with Crippen LogP contribution in [0.2, 0.25) is 0 Å². The number of amides is 1. The Morgan fingerprint density at radius 3 is 2.61 bits per heavy atom. The highest BCUT2D eigenvalue weighted by atomic mass is 16.3. The van der Waals surface area contributed by atoms with Crippen molar-refractivity contribution in [2.24, 2.45) is 0 Å². The van der Waals surface area contributed by atoms with E-state index in [4.69, 9.17) is 0 Å². The minimum Gasteiger partial charge on any atom is -0.388 e. The summed E-state index contributed by atoms with van der Waals surface area (Å²) >= 11 is 0. The summed E-state index contributed by atoms with van der Waals surface area (Å²) in [5, 5.41) is 14.6. The van der Waals surface area contributed by atoms with Gasteiger partial charge in [0.2, 0.25) is 0 Å². The fourth-order valence-electron chi connectivity index (χ4n) is 3.26. The molecule has 0 spiro atoms. The summed E-state index contributed by atoms with van der Waals surface area (Å²) in [6, 6.07) is 9.48. The summed E-state index contributed by atoms with van der Waals surface area (Å²) < 4.78 is 1.85. The molecule has 1 aromatic heterocycles. The summed E-state index contributed by atoms with van der Waals surface area (Å²) in [7, 11) is 1.76. The first-order valence-corrected chi connectivity index (χ1v) is 8.10. The lowest BCUT2D eigenvalue weighted by Crippen LogP contribution is -2.42. The van der Waals surface area contributed by atoms with Crippen LogP contribution < -0.4 is 0 Å². The Hall–Kier alpha value is -2.14. The van der Waals surface area contributed by atoms with Crippen molar-refractivity contribution in [2.75, 3.05) is 13.6 Å². The summed E-state index contributed by atoms with van der Waals surface area (Å²) in [6.45, 7) is 1.10. The van der Waals surface area contributed by atoms with E-state index in [-0.39, 0.29) is 5.91 Å². The van der Waals surface area contributed by atoms with Crippen LogP contribution in [0.15, 0.2) is 42.7 Å². The molecule has 2 aromatic rings. The van der Waals surface area contributed by atoms with Crippen LogP contribution >= 0.6 is 0 Å². The molecule has 0 aliphatic heterocycles. The van der Waals surface area contributed by atoms with E-state index in [2.05, 4.69) is 5.10 Å². The number of carbonyl (C=O) groups is 1. The lowest BCUT2D eigenvalue weighted by molar-refractivity contribution is 0.0157. The zero-order chi connectivity index (χ0) is 16.3. The van der Waals surface area contributed by atoms with Gasteiger partial charge in [0, 0.05) is 31.5 Å². The smallest absolute Gasteiger partial charge is 0.253 e. The van der Waals surface area contributed by atoms with Gasteiger partial charge >= 0.3 is 0 Å². The van der Waals surface area contributed by atoms with E-state index < -0.39 is 5.60 Å². The molecule has 0 radical (unpaired) electrons. The van der Waals surface area contributed by atoms with Crippen molar-refractivity contribution in [3.05, 3.63) is 53.9 Å². The van der Waals surface area contributed by atoms with Crippen LogP contribution in [0.4, 0.5) is 0 Å². The van der Waals surface area contributed by atoms with E-state index in [1.54, 1.807) is 18.1 Å². The SMILES string of the molecule is CN(CC1(O)CCCC1)C(=O)c1ccc(Cn2cccn2)cc1. The maximum atomic E-state index is 12.5. The Balaban J connectivity index is 1.62. The van der Waals surface area contributed by atoms with E-state index >= 15 is 0 Å². The molecule has 1 heterocycles. The highest BCUT2D eigenvalue weighted by Gasteiger charge is 2.33. The normalized spacial score (nSPS) is 16.4. The Morgan fingerprint density at radius 2 is 2.00 bits per heavy atom. The number of hydrogen-bond donors (Lipinski definition) is 1. The van der Waals surface area contributed by atoms with Crippen molar-refractivity contribution < 1.29 is 9.90 Å². The number of hydrogen-bond acceptors (Lipinski definition) is 3. The molecule has 1 aromatic carbocycles. The van der Waals surface area contributed by atoms with Crippen molar-refractivity contribution in [3.63, 3.8) is 0 Å². The molecule has 1 amide bonds. The molecule has 3 rings (SSSR count). The largest absolute Gasteiger partial charge is 0.388 e. The zero-order valence-electron chi connectivity index (χ0n) is 13.5. The minimum absolute atomic E-state index is 0.0454. The van der Waals surface area contributed by atoms with Gasteiger partial charge in [0.15, 0.2) is 0 Å². The van der Waals surface area contributed by atoms with E-state index in [0.29, 0.717) is 18.7 Å². The molecule has 0 atom stereocenters. The third kappa shape index (κ3) is 3.79. The second-order valence-corrected chi connectivity index (χ2v) is 6.49. The van der Waals surface area contributed by atoms with Crippen LogP contribution in [-0.2, 0) is 6.54 Å². The van der Waals surface area contributed by atoms with Gasteiger partial charge in [-0.2, -0.15) is 5.10 Å². The first-order chi connectivity index (χ1) is 11.1. The molecule has 1 fully saturated rings. The van der Waals surface area contributed by atoms with E-state index in [1.807, 2.05) is 41.2 Å². The maximum Gasteiger partial charge on any atom is 0.253 e. The topological polar surface area (TPSA) is 58.4 Å². The number of likely N-dealkylation sites (N-methyl/N-ethyl adjacent to an activating group) is 1. The van der Waals surface area contributed by atoms with Gasteiger partial charge in [-0.05, 0) is 36.6 Å². The van der Waals surface area contributed by atoms with E-state index in [1.165, 1.54) is 0 Å². The average molecular weight is 313 g/mol. The van der Waals surface area contributed by atoms with Crippen molar-refractivity contribution in [2.45, 2.75) is 37.8 Å². The van der Waals surface area contributed by atoms with Gasteiger partial charge in [-0.1, -0.05) is 25.0 Å². The molecular formula is C18H23N3O2. The van der Waals surface area contributed by atoms with Crippen molar-refractivity contribution in [3.8, 4) is 0 Å². The van der Waals surface area contributed by atoms with Crippen molar-refractivity contribution in [1.29, 1.82) is 0 Å². The van der Waals surface area contributed by atoms with Gasteiger partial charge in [-0.15, -0.1) is 0 Å². The molecule has 0 saturated heterocycles. The molecule has 5 nitrogen and oxygen atoms in total. The molecular weight excluding hydrogens is 290 g/mol. The zero-order valence-corrected chi connectivity index (χ0v) is 13.5. The van der Waals surface area contributed by atoms with Crippen LogP contribution in [0, 0.1) is 0 Å². The van der Waals surface area contributed by atoms with Crippen molar-refractivity contribution >= 4 is 5.91 Å². The summed E-state index contributed by atoms with van der Waals surface area (Å²) in [5.41, 5.74) is 1.05. The lowest BCUT2D eigenvalue weighted by atomic mass is 10.0. The second kappa shape index (κ2) is 6.54. The lowest BCUT2D eigenvalue weighted by Gasteiger charge is -2.28. The van der Waals surface area contributed by atoms with Crippen LogP contribution in [0.25, 0.3) is 0 Å². The predicted octanol–water partition coefficient (Wildman–Crippen LogP) is 2.31. The quantitative estimate of drug-likeness (QED) is 0.921. The summed E-state index contributed by atoms with van der Waals surface area (Å²) in [5.74, 6) is -0.0454. The predicted molar refractivity (Wildman–Crippen MR) is 88.1 cm³/mol. The number of aromatic nitrogens is 2. The molecule has 23 heavy (non-hydrogen) atoms. The van der Waals surface area contributed by atoms with E-state index in [9.17, 15) is 9.90 Å². The van der Waals surface area contributed by atoms with Crippen LogP contribution in [0.5, 0.6) is 0 Å². The van der Waals surface area contributed by atoms with E-state index in [0.717, 1.165) is 31.2 Å². The summed E-state index contributed by atoms with van der Waals surface area (Å²) in [6.07, 6.45) is 7.32. The number of rotatable bonds is 5. The standard InChI is InChI=1S/C18H23N3O2/c1-20(14-18(23)9-2-3-10-18)17(22)16-7-5-15(6-8-16)13-21-12-4-11-19-21/h4-8,11-12,23H,2-3,9-10,13-14H2,1H3. The highest BCUT2D eigenvalue weighted by molar-refractivity contribution is 5.94. The van der Waals surface area contributed by atoms with Crippen LogP contribution in [-0.4, -0.2) is 44.9 Å². The molecule has 5 heteroatoms. The average Bonchev–Trinajstić information content (AvgIpc) is 3.19. The Labute approximate surface area is 136 Å². The molecule has 122 valence electrons. The molecule has 1 saturated carbocycles. The molecule has 1 aliphatic carbocycles. The Morgan fingerprint density at radius 1 is 1.30 bits per heavy atom. The Bertz CT molecular complexity index is 643. The molecule has 1 aliphatic rings. The molecule has 0 bridgehead atoms. The van der Waals surface area contributed by atoms with Crippen LogP contribution in [0.3, 0.4) is 0 Å². The number of benzene rings is 1. The number of carbonyl (C=O) groups excluding carboxylic acids is 1.